The summed E-state index contributed by atoms with van der Waals surface area (Å²) in [4.78, 5) is 35.3. The molecular formula is C21H17ClN4O4. The third kappa shape index (κ3) is 4.98. The zero-order valence-electron chi connectivity index (χ0n) is 15.9. The molecule has 8 nitrogen and oxygen atoms in total. The van der Waals surface area contributed by atoms with Crippen LogP contribution in [0, 0.1) is 17.0 Å². The lowest BCUT2D eigenvalue weighted by atomic mass is 10.1. The molecule has 0 aliphatic heterocycles. The van der Waals surface area contributed by atoms with E-state index in [-0.39, 0.29) is 16.3 Å². The molecule has 0 unspecified atom stereocenters. The summed E-state index contributed by atoms with van der Waals surface area (Å²) in [5.41, 5.74) is 3.87. The van der Waals surface area contributed by atoms with E-state index in [1.54, 1.807) is 12.3 Å². The summed E-state index contributed by atoms with van der Waals surface area (Å²) in [5, 5.41) is 14.7. The standard InChI is InChI=1S/C21H17ClN4O4/c1-14-4-2-5-16(10-14)13-25-9-3-6-17(21(25)28)20(27)24-23-12-15-7-8-18(22)19(11-15)26(29)30/h2-12H,13H2,1H3,(H,24,27)/b23-12-. The number of nitro groups is 1. The van der Waals surface area contributed by atoms with Crippen molar-refractivity contribution in [3.05, 3.63) is 109 Å². The summed E-state index contributed by atoms with van der Waals surface area (Å²) in [6.07, 6.45) is 2.84. The maximum absolute atomic E-state index is 12.7. The molecule has 0 saturated heterocycles. The van der Waals surface area contributed by atoms with Gasteiger partial charge in [0.2, 0.25) is 0 Å². The number of carbonyl (C=O) groups is 1. The van der Waals surface area contributed by atoms with E-state index in [1.165, 1.54) is 35.0 Å². The number of aromatic nitrogens is 1. The van der Waals surface area contributed by atoms with Crippen LogP contribution in [0.3, 0.4) is 0 Å². The zero-order valence-corrected chi connectivity index (χ0v) is 16.7. The van der Waals surface area contributed by atoms with E-state index in [2.05, 4.69) is 10.5 Å². The van der Waals surface area contributed by atoms with Gasteiger partial charge in [-0.2, -0.15) is 5.10 Å². The number of nitrogens with zero attached hydrogens (tertiary/aromatic N) is 3. The normalized spacial score (nSPS) is 10.9. The second kappa shape index (κ2) is 9.15. The summed E-state index contributed by atoms with van der Waals surface area (Å²) in [6.45, 7) is 2.29. The molecule has 3 aromatic rings. The second-order valence-electron chi connectivity index (χ2n) is 6.51. The molecule has 3 rings (SSSR count). The summed E-state index contributed by atoms with van der Waals surface area (Å²) in [6, 6.07) is 14.9. The van der Waals surface area contributed by atoms with E-state index < -0.39 is 16.4 Å². The summed E-state index contributed by atoms with van der Waals surface area (Å²) in [7, 11) is 0. The topological polar surface area (TPSA) is 107 Å². The molecule has 1 N–H and O–H groups in total. The van der Waals surface area contributed by atoms with E-state index >= 15 is 0 Å². The van der Waals surface area contributed by atoms with Gasteiger partial charge >= 0.3 is 0 Å². The van der Waals surface area contributed by atoms with Crippen molar-refractivity contribution in [1.82, 2.24) is 9.99 Å². The number of amides is 1. The fourth-order valence-electron chi connectivity index (χ4n) is 2.82. The number of nitro benzene ring substituents is 1. The Hall–Kier alpha value is -3.78. The highest BCUT2D eigenvalue weighted by Gasteiger charge is 2.13. The lowest BCUT2D eigenvalue weighted by molar-refractivity contribution is -0.384. The first-order valence-corrected chi connectivity index (χ1v) is 9.25. The van der Waals surface area contributed by atoms with Crippen molar-refractivity contribution in [2.24, 2.45) is 5.10 Å². The van der Waals surface area contributed by atoms with Crippen molar-refractivity contribution in [1.29, 1.82) is 0 Å². The Bertz CT molecular complexity index is 1200. The van der Waals surface area contributed by atoms with E-state index in [0.29, 0.717) is 12.1 Å². The van der Waals surface area contributed by atoms with Gasteiger partial charge in [0.25, 0.3) is 17.2 Å². The van der Waals surface area contributed by atoms with E-state index in [4.69, 9.17) is 11.6 Å². The summed E-state index contributed by atoms with van der Waals surface area (Å²) >= 11 is 5.76. The Morgan fingerprint density at radius 1 is 1.23 bits per heavy atom. The smallest absolute Gasteiger partial charge is 0.288 e. The van der Waals surface area contributed by atoms with Crippen LogP contribution in [-0.4, -0.2) is 21.6 Å². The highest BCUT2D eigenvalue weighted by molar-refractivity contribution is 6.32. The molecule has 0 aliphatic carbocycles. The van der Waals surface area contributed by atoms with E-state index in [9.17, 15) is 19.7 Å². The van der Waals surface area contributed by atoms with Gasteiger partial charge in [-0.1, -0.05) is 47.5 Å². The number of carbonyl (C=O) groups excluding carboxylic acids is 1. The third-order valence-corrected chi connectivity index (χ3v) is 4.57. The number of pyridine rings is 1. The molecule has 1 heterocycles. The van der Waals surface area contributed by atoms with Gasteiger partial charge in [-0.15, -0.1) is 0 Å². The van der Waals surface area contributed by atoms with Gasteiger partial charge in [-0.25, -0.2) is 5.43 Å². The maximum atomic E-state index is 12.7. The minimum Gasteiger partial charge on any atom is -0.310 e. The van der Waals surface area contributed by atoms with Crippen molar-refractivity contribution < 1.29 is 9.72 Å². The molecule has 0 saturated carbocycles. The van der Waals surface area contributed by atoms with Gasteiger partial charge in [-0.3, -0.25) is 19.7 Å². The summed E-state index contributed by atoms with van der Waals surface area (Å²) in [5.74, 6) is -0.682. The van der Waals surface area contributed by atoms with Crippen LogP contribution in [0.15, 0.2) is 70.7 Å². The van der Waals surface area contributed by atoms with E-state index in [0.717, 1.165) is 11.1 Å². The Balaban J connectivity index is 1.74. The number of hydrogen-bond acceptors (Lipinski definition) is 5. The molecular weight excluding hydrogens is 408 g/mol. The summed E-state index contributed by atoms with van der Waals surface area (Å²) < 4.78 is 1.44. The molecule has 1 amide bonds. The largest absolute Gasteiger partial charge is 0.310 e. The monoisotopic (exact) mass is 424 g/mol. The molecule has 0 fully saturated rings. The number of rotatable bonds is 6. The van der Waals surface area contributed by atoms with Crippen molar-refractivity contribution in [2.75, 3.05) is 0 Å². The molecule has 0 aliphatic rings. The highest BCUT2D eigenvalue weighted by Crippen LogP contribution is 2.24. The molecule has 2 aromatic carbocycles. The third-order valence-electron chi connectivity index (χ3n) is 4.25. The molecule has 0 atom stereocenters. The Morgan fingerprint density at radius 2 is 2.03 bits per heavy atom. The van der Waals surface area contributed by atoms with E-state index in [1.807, 2.05) is 31.2 Å². The van der Waals surface area contributed by atoms with Crippen LogP contribution in [0.2, 0.25) is 5.02 Å². The molecule has 0 spiro atoms. The van der Waals surface area contributed by atoms with Crippen LogP contribution in [0.25, 0.3) is 0 Å². The first kappa shape index (κ1) is 20.9. The zero-order chi connectivity index (χ0) is 21.7. The first-order valence-electron chi connectivity index (χ1n) is 8.87. The molecule has 152 valence electrons. The fraction of sp³-hybridized carbons (Fsp3) is 0.0952. The van der Waals surface area contributed by atoms with Crippen LogP contribution in [0.4, 0.5) is 5.69 Å². The van der Waals surface area contributed by atoms with Crippen molar-refractivity contribution in [3.63, 3.8) is 0 Å². The van der Waals surface area contributed by atoms with Gasteiger partial charge in [0.05, 0.1) is 17.7 Å². The first-order chi connectivity index (χ1) is 14.3. The van der Waals surface area contributed by atoms with Crippen LogP contribution in [0.1, 0.15) is 27.0 Å². The van der Waals surface area contributed by atoms with Crippen LogP contribution >= 0.6 is 11.6 Å². The van der Waals surface area contributed by atoms with Crippen LogP contribution < -0.4 is 11.0 Å². The molecule has 1 aromatic heterocycles. The Morgan fingerprint density at radius 3 is 2.77 bits per heavy atom. The van der Waals surface area contributed by atoms with Crippen molar-refractivity contribution in [3.8, 4) is 0 Å². The number of aryl methyl sites for hydroxylation is 1. The predicted octanol–water partition coefficient (Wildman–Crippen LogP) is 3.53. The quantitative estimate of drug-likeness (QED) is 0.371. The van der Waals surface area contributed by atoms with Gasteiger partial charge < -0.3 is 4.57 Å². The number of nitrogens with one attached hydrogen (secondary N) is 1. The number of hydrogen-bond donors (Lipinski definition) is 1. The van der Waals surface area contributed by atoms with Crippen LogP contribution in [0.5, 0.6) is 0 Å². The SMILES string of the molecule is Cc1cccc(Cn2cccc(C(=O)N/N=C\c3ccc(Cl)c([N+](=O)[O-])c3)c2=O)c1. The molecule has 30 heavy (non-hydrogen) atoms. The lowest BCUT2D eigenvalue weighted by Crippen LogP contribution is -2.30. The Labute approximate surface area is 176 Å². The minimum atomic E-state index is -0.682. The molecule has 0 bridgehead atoms. The number of benzene rings is 2. The van der Waals surface area contributed by atoms with Gasteiger partial charge in [-0.05, 0) is 30.7 Å². The number of hydrazone groups is 1. The second-order valence-corrected chi connectivity index (χ2v) is 6.92. The lowest BCUT2D eigenvalue weighted by Gasteiger charge is -2.08. The van der Waals surface area contributed by atoms with Gasteiger partial charge in [0.1, 0.15) is 10.6 Å². The minimum absolute atomic E-state index is 0.000341. The average molecular weight is 425 g/mol. The van der Waals surface area contributed by atoms with Crippen molar-refractivity contribution >= 4 is 29.4 Å². The predicted molar refractivity (Wildman–Crippen MR) is 114 cm³/mol. The van der Waals surface area contributed by atoms with Crippen LogP contribution in [-0.2, 0) is 6.54 Å². The molecule has 9 heteroatoms. The fourth-order valence-corrected chi connectivity index (χ4v) is 3.00. The highest BCUT2D eigenvalue weighted by atomic mass is 35.5. The number of halogens is 1. The average Bonchev–Trinajstić information content (AvgIpc) is 2.70. The molecule has 0 radical (unpaired) electrons. The van der Waals surface area contributed by atoms with Gasteiger partial charge in [0.15, 0.2) is 0 Å². The maximum Gasteiger partial charge on any atom is 0.288 e. The Kier molecular flexibility index (Phi) is 6.38. The van der Waals surface area contributed by atoms with Gasteiger partial charge in [0, 0.05) is 17.8 Å². The van der Waals surface area contributed by atoms with Crippen molar-refractivity contribution in [2.45, 2.75) is 13.5 Å².